The van der Waals surface area contributed by atoms with E-state index in [1.54, 1.807) is 35.2 Å². The summed E-state index contributed by atoms with van der Waals surface area (Å²) in [5, 5.41) is 5.83. The third-order valence-electron chi connectivity index (χ3n) is 6.50. The molecule has 10 heteroatoms. The molecule has 2 aromatic carbocycles. The summed E-state index contributed by atoms with van der Waals surface area (Å²) in [6.45, 7) is 3.57. The van der Waals surface area contributed by atoms with Crippen molar-refractivity contribution in [3.8, 4) is 39.1 Å². The molecule has 4 rings (SSSR count). The number of hydrogen-bond acceptors (Lipinski definition) is 10. The number of allylic oxidation sites excluding steroid dienone is 2. The van der Waals surface area contributed by atoms with Gasteiger partial charge in [0.1, 0.15) is 5.01 Å². The summed E-state index contributed by atoms with van der Waals surface area (Å²) < 4.78 is 26.6. The molecule has 1 aromatic heterocycles. The van der Waals surface area contributed by atoms with E-state index < -0.39 is 17.9 Å². The fourth-order valence-corrected chi connectivity index (χ4v) is 5.53. The van der Waals surface area contributed by atoms with E-state index in [1.165, 1.54) is 25.6 Å². The van der Waals surface area contributed by atoms with Crippen LogP contribution in [0.15, 0.2) is 64.3 Å². The molecule has 9 nitrogen and oxygen atoms in total. The zero-order valence-corrected chi connectivity index (χ0v) is 23.6. The molecule has 0 aliphatic carbocycles. The number of esters is 2. The van der Waals surface area contributed by atoms with Crippen molar-refractivity contribution in [1.82, 2.24) is 10.3 Å². The summed E-state index contributed by atoms with van der Waals surface area (Å²) in [7, 11) is 7.33. The van der Waals surface area contributed by atoms with E-state index in [0.717, 1.165) is 27.4 Å². The lowest BCUT2D eigenvalue weighted by Crippen LogP contribution is -2.32. The van der Waals surface area contributed by atoms with Crippen LogP contribution in [0, 0.1) is 0 Å². The standard InChI is InChI=1S/C29H30N2O7S/c1-15-23(28(32)37-6)25(24(16(2)30-15)29(33)38-7)17-9-8-10-18(11-17)27-31-20(14-39-27)19-12-21(34-3)26(36-5)22(13-19)35-4/h8-14,25,30H,1-7H3. The highest BCUT2D eigenvalue weighted by molar-refractivity contribution is 7.13. The number of thiazole rings is 1. The molecule has 1 aliphatic heterocycles. The topological polar surface area (TPSA) is 105 Å². The molecule has 0 atom stereocenters. The van der Waals surface area contributed by atoms with E-state index in [-0.39, 0.29) is 0 Å². The van der Waals surface area contributed by atoms with Gasteiger partial charge in [0, 0.05) is 27.9 Å². The number of carbonyl (C=O) groups is 2. The fourth-order valence-electron chi connectivity index (χ4n) is 4.71. The predicted octanol–water partition coefficient (Wildman–Crippen LogP) is 5.08. The molecular weight excluding hydrogens is 520 g/mol. The summed E-state index contributed by atoms with van der Waals surface area (Å²) in [4.78, 5) is 30.6. The average molecular weight is 551 g/mol. The molecule has 0 saturated heterocycles. The SMILES string of the molecule is COC(=O)C1=C(C)NC(C)=C(C(=O)OC)C1c1cccc(-c2nc(-c3cc(OC)c(OC)c(OC)c3)cs2)c1. The van der Waals surface area contributed by atoms with Crippen molar-refractivity contribution in [3.05, 3.63) is 69.9 Å². The minimum atomic E-state index is -0.680. The second-order valence-corrected chi connectivity index (χ2v) is 9.55. The fraction of sp³-hybridized carbons (Fsp3) is 0.276. The number of methoxy groups -OCH3 is 5. The highest BCUT2D eigenvalue weighted by Gasteiger charge is 2.37. The Hall–Kier alpha value is -4.31. The summed E-state index contributed by atoms with van der Waals surface area (Å²) in [5.74, 6) is -0.163. The van der Waals surface area contributed by atoms with Crippen LogP contribution in [-0.2, 0) is 19.1 Å². The van der Waals surface area contributed by atoms with Gasteiger partial charge in [-0.3, -0.25) is 0 Å². The number of hydrogen-bond donors (Lipinski definition) is 1. The van der Waals surface area contributed by atoms with Crippen molar-refractivity contribution in [2.75, 3.05) is 35.5 Å². The third-order valence-corrected chi connectivity index (χ3v) is 7.39. The van der Waals surface area contributed by atoms with Crippen LogP contribution in [-0.4, -0.2) is 52.5 Å². The number of rotatable bonds is 8. The van der Waals surface area contributed by atoms with Gasteiger partial charge in [-0.25, -0.2) is 14.6 Å². The number of ether oxygens (including phenoxy) is 5. The van der Waals surface area contributed by atoms with Gasteiger partial charge < -0.3 is 29.0 Å². The van der Waals surface area contributed by atoms with Crippen LogP contribution in [0.1, 0.15) is 25.3 Å². The Kier molecular flexibility index (Phi) is 8.25. The van der Waals surface area contributed by atoms with E-state index in [2.05, 4.69) is 5.32 Å². The number of nitrogens with zero attached hydrogens (tertiary/aromatic N) is 1. The van der Waals surface area contributed by atoms with Crippen LogP contribution in [0.3, 0.4) is 0 Å². The minimum absolute atomic E-state index is 0.345. The first-order valence-electron chi connectivity index (χ1n) is 12.0. The average Bonchev–Trinajstić information content (AvgIpc) is 3.45. The van der Waals surface area contributed by atoms with E-state index in [0.29, 0.717) is 39.8 Å². The van der Waals surface area contributed by atoms with Gasteiger partial charge in [-0.1, -0.05) is 18.2 Å². The summed E-state index contributed by atoms with van der Waals surface area (Å²) in [6, 6.07) is 11.3. The number of benzene rings is 2. The molecule has 3 aromatic rings. The number of aromatic nitrogens is 1. The summed E-state index contributed by atoms with van der Waals surface area (Å²) in [5.41, 5.74) is 5.02. The molecule has 1 N–H and O–H groups in total. The van der Waals surface area contributed by atoms with Crippen LogP contribution in [0.2, 0.25) is 0 Å². The second kappa shape index (κ2) is 11.6. The molecule has 0 unspecified atom stereocenters. The van der Waals surface area contributed by atoms with Crippen LogP contribution in [0.5, 0.6) is 17.2 Å². The monoisotopic (exact) mass is 550 g/mol. The number of nitrogens with one attached hydrogen (secondary N) is 1. The van der Waals surface area contributed by atoms with Gasteiger partial charge in [0.25, 0.3) is 0 Å². The maximum atomic E-state index is 12.9. The lowest BCUT2D eigenvalue weighted by Gasteiger charge is -2.30. The first kappa shape index (κ1) is 27.7. The third kappa shape index (κ3) is 5.20. The van der Waals surface area contributed by atoms with Gasteiger partial charge in [-0.2, -0.15) is 0 Å². The summed E-state index contributed by atoms with van der Waals surface area (Å²) >= 11 is 1.47. The van der Waals surface area contributed by atoms with E-state index in [4.69, 9.17) is 28.7 Å². The Morgan fingerprint density at radius 3 is 1.92 bits per heavy atom. The number of carbonyl (C=O) groups excluding carboxylic acids is 2. The zero-order chi connectivity index (χ0) is 28.3. The van der Waals surface area contributed by atoms with E-state index in [9.17, 15) is 9.59 Å². The maximum absolute atomic E-state index is 12.9. The largest absolute Gasteiger partial charge is 0.493 e. The van der Waals surface area contributed by atoms with Gasteiger partial charge in [-0.05, 0) is 37.6 Å². The van der Waals surface area contributed by atoms with Gasteiger partial charge in [0.2, 0.25) is 5.75 Å². The van der Waals surface area contributed by atoms with Crippen LogP contribution in [0.4, 0.5) is 0 Å². The van der Waals surface area contributed by atoms with E-state index >= 15 is 0 Å². The van der Waals surface area contributed by atoms with Crippen LogP contribution < -0.4 is 19.5 Å². The molecule has 1 aliphatic rings. The molecule has 0 amide bonds. The molecular formula is C29H30N2O7S. The molecule has 0 radical (unpaired) electrons. The van der Waals surface area contributed by atoms with E-state index in [1.807, 2.05) is 41.8 Å². The van der Waals surface area contributed by atoms with Gasteiger partial charge in [-0.15, -0.1) is 11.3 Å². The minimum Gasteiger partial charge on any atom is -0.493 e. The molecule has 0 spiro atoms. The lowest BCUT2D eigenvalue weighted by molar-refractivity contribution is -0.137. The molecule has 0 fully saturated rings. The molecule has 0 bridgehead atoms. The van der Waals surface area contributed by atoms with Crippen molar-refractivity contribution in [2.45, 2.75) is 19.8 Å². The first-order valence-corrected chi connectivity index (χ1v) is 12.9. The molecule has 39 heavy (non-hydrogen) atoms. The van der Waals surface area contributed by atoms with Crippen molar-refractivity contribution in [3.63, 3.8) is 0 Å². The highest BCUT2D eigenvalue weighted by atomic mass is 32.1. The van der Waals surface area contributed by atoms with Crippen molar-refractivity contribution in [1.29, 1.82) is 0 Å². The van der Waals surface area contributed by atoms with Gasteiger partial charge in [0.15, 0.2) is 11.5 Å². The Labute approximate surface area is 231 Å². The number of dihydropyridines is 1. The van der Waals surface area contributed by atoms with Crippen LogP contribution >= 0.6 is 11.3 Å². The summed E-state index contributed by atoms with van der Waals surface area (Å²) in [6.07, 6.45) is 0. The lowest BCUT2D eigenvalue weighted by atomic mass is 9.80. The normalized spacial score (nSPS) is 13.6. The smallest absolute Gasteiger partial charge is 0.336 e. The Balaban J connectivity index is 1.79. The van der Waals surface area contributed by atoms with Gasteiger partial charge >= 0.3 is 11.9 Å². The Morgan fingerprint density at radius 2 is 1.41 bits per heavy atom. The van der Waals surface area contributed by atoms with Crippen molar-refractivity contribution < 1.29 is 33.3 Å². The van der Waals surface area contributed by atoms with Gasteiger partial charge in [0.05, 0.1) is 58.3 Å². The maximum Gasteiger partial charge on any atom is 0.336 e. The highest BCUT2D eigenvalue weighted by Crippen LogP contribution is 2.43. The van der Waals surface area contributed by atoms with Crippen molar-refractivity contribution >= 4 is 23.3 Å². The first-order chi connectivity index (χ1) is 18.8. The zero-order valence-electron chi connectivity index (χ0n) is 22.8. The Morgan fingerprint density at radius 1 is 0.821 bits per heavy atom. The second-order valence-electron chi connectivity index (χ2n) is 8.70. The van der Waals surface area contributed by atoms with Crippen molar-refractivity contribution in [2.24, 2.45) is 0 Å². The quantitative estimate of drug-likeness (QED) is 0.384. The Bertz CT molecular complexity index is 1430. The van der Waals surface area contributed by atoms with Crippen LogP contribution in [0.25, 0.3) is 21.8 Å². The molecule has 204 valence electrons. The predicted molar refractivity (Wildman–Crippen MR) is 148 cm³/mol. The molecule has 0 saturated carbocycles. The molecule has 2 heterocycles.